The second-order valence-corrected chi connectivity index (χ2v) is 5.48. The van der Waals surface area contributed by atoms with Crippen LogP contribution >= 0.6 is 0 Å². The molecule has 0 radical (unpaired) electrons. The normalized spacial score (nSPS) is 31.3. The van der Waals surface area contributed by atoms with Crippen molar-refractivity contribution in [3.8, 4) is 0 Å². The number of urea groups is 1. The summed E-state index contributed by atoms with van der Waals surface area (Å²) in [6.07, 6.45) is 0.447. The highest BCUT2D eigenvalue weighted by Crippen LogP contribution is 2.31. The SMILES string of the molecule is CC1C(=O)NCCN1C(=O)N1CCC(C)(C(=O)O)C1. The highest BCUT2D eigenvalue weighted by atomic mass is 16.4. The number of hydrogen-bond donors (Lipinski definition) is 2. The summed E-state index contributed by atoms with van der Waals surface area (Å²) in [7, 11) is 0. The fourth-order valence-corrected chi connectivity index (χ4v) is 2.52. The first-order valence-electron chi connectivity index (χ1n) is 6.42. The molecule has 19 heavy (non-hydrogen) atoms. The lowest BCUT2D eigenvalue weighted by Gasteiger charge is -2.35. The number of rotatable bonds is 1. The van der Waals surface area contributed by atoms with Gasteiger partial charge in [0.15, 0.2) is 0 Å². The third-order valence-electron chi connectivity index (χ3n) is 4.00. The molecule has 7 nitrogen and oxygen atoms in total. The van der Waals surface area contributed by atoms with Crippen LogP contribution in [0.3, 0.4) is 0 Å². The molecule has 2 aliphatic rings. The molecule has 0 aromatic heterocycles. The minimum atomic E-state index is -0.882. The van der Waals surface area contributed by atoms with Crippen molar-refractivity contribution < 1.29 is 19.5 Å². The molecule has 7 heteroatoms. The standard InChI is InChI=1S/C12H19N3O4/c1-8-9(16)13-4-6-15(8)11(19)14-5-3-12(2,7-14)10(17)18/h8H,3-7H2,1-2H3,(H,13,16)(H,17,18). The third-order valence-corrected chi connectivity index (χ3v) is 4.00. The number of nitrogens with zero attached hydrogens (tertiary/aromatic N) is 2. The Kier molecular flexibility index (Phi) is 3.38. The molecule has 0 aliphatic carbocycles. The van der Waals surface area contributed by atoms with Gasteiger partial charge in [-0.2, -0.15) is 0 Å². The number of hydrogen-bond acceptors (Lipinski definition) is 3. The summed E-state index contributed by atoms with van der Waals surface area (Å²) < 4.78 is 0. The zero-order valence-corrected chi connectivity index (χ0v) is 11.2. The zero-order chi connectivity index (χ0) is 14.2. The van der Waals surface area contributed by atoms with E-state index in [2.05, 4.69) is 5.32 Å². The van der Waals surface area contributed by atoms with Crippen molar-refractivity contribution in [2.24, 2.45) is 5.41 Å². The van der Waals surface area contributed by atoms with Crippen LogP contribution in [0, 0.1) is 5.41 Å². The number of amides is 3. The molecule has 2 unspecified atom stereocenters. The Morgan fingerprint density at radius 2 is 2.11 bits per heavy atom. The molecule has 2 N–H and O–H groups in total. The van der Waals surface area contributed by atoms with Crippen LogP contribution in [-0.2, 0) is 9.59 Å². The summed E-state index contributed by atoms with van der Waals surface area (Å²) >= 11 is 0. The van der Waals surface area contributed by atoms with E-state index in [1.807, 2.05) is 0 Å². The van der Waals surface area contributed by atoms with Gasteiger partial charge >= 0.3 is 12.0 Å². The highest BCUT2D eigenvalue weighted by Gasteiger charge is 2.44. The fourth-order valence-electron chi connectivity index (χ4n) is 2.52. The first-order chi connectivity index (χ1) is 8.85. The molecule has 0 aromatic carbocycles. The average Bonchev–Trinajstić information content (AvgIpc) is 2.76. The van der Waals surface area contributed by atoms with Gasteiger partial charge in [-0.3, -0.25) is 9.59 Å². The molecule has 0 spiro atoms. The van der Waals surface area contributed by atoms with E-state index in [0.29, 0.717) is 26.1 Å². The van der Waals surface area contributed by atoms with Gasteiger partial charge in [-0.25, -0.2) is 4.79 Å². The van der Waals surface area contributed by atoms with Crippen molar-refractivity contribution in [2.45, 2.75) is 26.3 Å². The van der Waals surface area contributed by atoms with E-state index >= 15 is 0 Å². The third kappa shape index (κ3) is 2.36. The zero-order valence-electron chi connectivity index (χ0n) is 11.2. The average molecular weight is 269 g/mol. The summed E-state index contributed by atoms with van der Waals surface area (Å²) in [6, 6.07) is -0.745. The van der Waals surface area contributed by atoms with Gasteiger partial charge in [0.2, 0.25) is 5.91 Å². The molecular formula is C12H19N3O4. The van der Waals surface area contributed by atoms with Crippen LogP contribution in [0.5, 0.6) is 0 Å². The van der Waals surface area contributed by atoms with Crippen molar-refractivity contribution in [3.05, 3.63) is 0 Å². The lowest BCUT2D eigenvalue weighted by Crippen LogP contribution is -2.58. The molecule has 0 saturated carbocycles. The number of piperazine rings is 1. The van der Waals surface area contributed by atoms with E-state index in [1.165, 1.54) is 9.80 Å². The van der Waals surface area contributed by atoms with Crippen LogP contribution in [-0.4, -0.2) is 65.0 Å². The molecule has 106 valence electrons. The molecule has 3 amide bonds. The molecule has 2 aliphatic heterocycles. The summed E-state index contributed by atoms with van der Waals surface area (Å²) in [4.78, 5) is 38.1. The van der Waals surface area contributed by atoms with Crippen molar-refractivity contribution in [2.75, 3.05) is 26.2 Å². The molecule has 2 rings (SSSR count). The van der Waals surface area contributed by atoms with E-state index in [-0.39, 0.29) is 18.5 Å². The summed E-state index contributed by atoms with van der Waals surface area (Å²) in [5.74, 6) is -1.05. The number of nitrogens with one attached hydrogen (secondary N) is 1. The topological polar surface area (TPSA) is 90.0 Å². The molecule has 0 bridgehead atoms. The second-order valence-electron chi connectivity index (χ2n) is 5.48. The Morgan fingerprint density at radius 3 is 2.68 bits per heavy atom. The van der Waals surface area contributed by atoms with Crippen molar-refractivity contribution in [1.29, 1.82) is 0 Å². The monoisotopic (exact) mass is 269 g/mol. The highest BCUT2D eigenvalue weighted by molar-refractivity contribution is 5.88. The van der Waals surface area contributed by atoms with Crippen LogP contribution in [0.1, 0.15) is 20.3 Å². The van der Waals surface area contributed by atoms with Gasteiger partial charge in [0.05, 0.1) is 5.41 Å². The number of carboxylic acid groups (broad SMARTS) is 1. The Bertz CT molecular complexity index is 425. The van der Waals surface area contributed by atoms with Gasteiger partial charge in [-0.1, -0.05) is 0 Å². The maximum Gasteiger partial charge on any atom is 0.320 e. The molecular weight excluding hydrogens is 250 g/mol. The van der Waals surface area contributed by atoms with Gasteiger partial charge in [0.1, 0.15) is 6.04 Å². The largest absolute Gasteiger partial charge is 0.481 e. The lowest BCUT2D eigenvalue weighted by molar-refractivity contribution is -0.147. The first-order valence-corrected chi connectivity index (χ1v) is 6.42. The van der Waals surface area contributed by atoms with E-state index in [0.717, 1.165) is 0 Å². The Balaban J connectivity index is 2.05. The van der Waals surface area contributed by atoms with Gasteiger partial charge in [0.25, 0.3) is 0 Å². The summed E-state index contributed by atoms with van der Waals surface area (Å²) in [5, 5.41) is 11.9. The van der Waals surface area contributed by atoms with Crippen molar-refractivity contribution in [3.63, 3.8) is 0 Å². The Morgan fingerprint density at radius 1 is 1.42 bits per heavy atom. The summed E-state index contributed by atoms with van der Waals surface area (Å²) in [6.45, 7) is 4.86. The smallest absolute Gasteiger partial charge is 0.320 e. The van der Waals surface area contributed by atoms with Crippen LogP contribution in [0.15, 0.2) is 0 Å². The minimum Gasteiger partial charge on any atom is -0.481 e. The quantitative estimate of drug-likeness (QED) is 0.685. The van der Waals surface area contributed by atoms with Crippen LogP contribution in [0.25, 0.3) is 0 Å². The van der Waals surface area contributed by atoms with E-state index < -0.39 is 17.4 Å². The van der Waals surface area contributed by atoms with Crippen molar-refractivity contribution >= 4 is 17.9 Å². The van der Waals surface area contributed by atoms with E-state index in [9.17, 15) is 14.4 Å². The number of carbonyl (C=O) groups excluding carboxylic acids is 2. The van der Waals surface area contributed by atoms with Gasteiger partial charge in [0, 0.05) is 26.2 Å². The Hall–Kier alpha value is -1.79. The second kappa shape index (κ2) is 4.71. The van der Waals surface area contributed by atoms with E-state index in [1.54, 1.807) is 13.8 Å². The number of aliphatic carboxylic acids is 1. The molecule has 2 heterocycles. The fraction of sp³-hybridized carbons (Fsp3) is 0.750. The van der Waals surface area contributed by atoms with Crippen molar-refractivity contribution in [1.82, 2.24) is 15.1 Å². The lowest BCUT2D eigenvalue weighted by atomic mass is 9.90. The van der Waals surface area contributed by atoms with Crippen LogP contribution in [0.2, 0.25) is 0 Å². The van der Waals surface area contributed by atoms with E-state index in [4.69, 9.17) is 5.11 Å². The van der Waals surface area contributed by atoms with Gasteiger partial charge in [-0.05, 0) is 20.3 Å². The molecule has 2 fully saturated rings. The number of carboxylic acids is 1. The molecule has 2 saturated heterocycles. The summed E-state index contributed by atoms with van der Waals surface area (Å²) in [5.41, 5.74) is -0.878. The van der Waals surface area contributed by atoms with Gasteiger partial charge < -0.3 is 20.2 Å². The first kappa shape index (κ1) is 13.6. The van der Waals surface area contributed by atoms with Crippen LogP contribution < -0.4 is 5.32 Å². The van der Waals surface area contributed by atoms with Crippen LogP contribution in [0.4, 0.5) is 4.79 Å². The predicted octanol–water partition coefficient (Wildman–Crippen LogP) is -0.277. The number of likely N-dealkylation sites (tertiary alicyclic amines) is 1. The molecule has 0 aromatic rings. The number of carbonyl (C=O) groups is 3. The predicted molar refractivity (Wildman–Crippen MR) is 66.5 cm³/mol. The maximum absolute atomic E-state index is 12.3. The minimum absolute atomic E-state index is 0.167. The molecule has 2 atom stereocenters. The maximum atomic E-state index is 12.3. The van der Waals surface area contributed by atoms with Gasteiger partial charge in [-0.15, -0.1) is 0 Å². The Labute approximate surface area is 111 Å².